The van der Waals surface area contributed by atoms with Crippen LogP contribution in [-0.4, -0.2) is 16.6 Å². The smallest absolute Gasteiger partial charge is 0.267 e. The molecule has 32 heavy (non-hydrogen) atoms. The molecule has 2 bridgehead atoms. The topological polar surface area (TPSA) is 54.4 Å². The van der Waals surface area contributed by atoms with Gasteiger partial charge in [0.2, 0.25) is 0 Å². The van der Waals surface area contributed by atoms with Crippen LogP contribution in [0.15, 0.2) is 90.2 Å². The molecule has 0 radical (unpaired) electrons. The van der Waals surface area contributed by atoms with Gasteiger partial charge in [-0.3, -0.25) is 9.78 Å². The molecular formula is C28H23N3O. The predicted octanol–water partition coefficient (Wildman–Crippen LogP) is 5.64. The minimum absolute atomic E-state index is 0.232. The number of hydrogen-bond acceptors (Lipinski definition) is 3. The molecule has 4 aromatic rings. The molecule has 1 amide bonds. The van der Waals surface area contributed by atoms with Crippen LogP contribution >= 0.6 is 0 Å². The predicted molar refractivity (Wildman–Crippen MR) is 127 cm³/mol. The van der Waals surface area contributed by atoms with E-state index in [1.165, 1.54) is 22.3 Å². The van der Waals surface area contributed by atoms with Gasteiger partial charge < -0.3 is 0 Å². The molecule has 0 saturated heterocycles. The fourth-order valence-electron chi connectivity index (χ4n) is 5.53. The summed E-state index contributed by atoms with van der Waals surface area (Å²) in [5.74, 6) is 0.683. The van der Waals surface area contributed by atoms with E-state index in [0.29, 0.717) is 11.5 Å². The molecule has 1 heterocycles. The molecule has 1 atom stereocenters. The van der Waals surface area contributed by atoms with Gasteiger partial charge in [-0.05, 0) is 47.7 Å². The summed E-state index contributed by atoms with van der Waals surface area (Å²) < 4.78 is 0. The molecular weight excluding hydrogens is 394 g/mol. The number of benzene rings is 3. The largest absolute Gasteiger partial charge is 0.272 e. The van der Waals surface area contributed by atoms with E-state index in [0.717, 1.165) is 23.0 Å². The Labute approximate surface area is 187 Å². The van der Waals surface area contributed by atoms with Crippen molar-refractivity contribution >= 4 is 22.5 Å². The van der Waals surface area contributed by atoms with Gasteiger partial charge in [0.05, 0.1) is 11.1 Å². The maximum Gasteiger partial charge on any atom is 0.272 e. The highest BCUT2D eigenvalue weighted by molar-refractivity contribution is 5.98. The molecule has 0 fully saturated rings. The standard InChI is InChI=1S/C28H23N3O/c1-17(30-31-28(32)19-14-18-8-2-7-13-26(18)29-16-19)24-15-25-20-9-3-5-11-22(20)27(24)23-12-6-4-10-21(23)25/h2-14,16,24-25,27H,15H2,1H3,(H,31,32). The van der Waals surface area contributed by atoms with Crippen molar-refractivity contribution in [3.8, 4) is 0 Å². The fraction of sp³-hybridized carbons (Fsp3) is 0.179. The van der Waals surface area contributed by atoms with Crippen LogP contribution < -0.4 is 5.43 Å². The normalized spacial score (nSPS) is 21.2. The third-order valence-electron chi connectivity index (χ3n) is 7.03. The first kappa shape index (κ1) is 18.9. The maximum absolute atomic E-state index is 12.8. The molecule has 1 aromatic heterocycles. The lowest BCUT2D eigenvalue weighted by atomic mass is 9.58. The van der Waals surface area contributed by atoms with Crippen LogP contribution in [0.1, 0.15) is 57.8 Å². The van der Waals surface area contributed by atoms with Gasteiger partial charge in [-0.25, -0.2) is 5.43 Å². The summed E-state index contributed by atoms with van der Waals surface area (Å²) in [5.41, 5.74) is 10.8. The molecule has 4 heteroatoms. The van der Waals surface area contributed by atoms with E-state index in [9.17, 15) is 4.79 Å². The number of carbonyl (C=O) groups excluding carboxylic acids is 1. The minimum Gasteiger partial charge on any atom is -0.267 e. The van der Waals surface area contributed by atoms with Crippen LogP contribution in [0, 0.1) is 5.92 Å². The Hall–Kier alpha value is -3.79. The van der Waals surface area contributed by atoms with Gasteiger partial charge in [-0.1, -0.05) is 66.7 Å². The highest BCUT2D eigenvalue weighted by Gasteiger charge is 2.44. The molecule has 1 unspecified atom stereocenters. The number of amides is 1. The number of nitrogens with zero attached hydrogens (tertiary/aromatic N) is 2. The van der Waals surface area contributed by atoms with Crippen molar-refractivity contribution in [1.82, 2.24) is 10.4 Å². The van der Waals surface area contributed by atoms with Crippen LogP contribution in [0.3, 0.4) is 0 Å². The van der Waals surface area contributed by atoms with Gasteiger partial charge >= 0.3 is 0 Å². The van der Waals surface area contributed by atoms with Crippen LogP contribution in [-0.2, 0) is 0 Å². The molecule has 4 nitrogen and oxygen atoms in total. The Bertz CT molecular complexity index is 1340. The summed E-state index contributed by atoms with van der Waals surface area (Å²) in [6.07, 6.45) is 2.62. The van der Waals surface area contributed by atoms with E-state index in [1.807, 2.05) is 37.3 Å². The second kappa shape index (κ2) is 7.41. The monoisotopic (exact) mass is 417 g/mol. The number of carbonyl (C=O) groups is 1. The molecule has 3 aliphatic carbocycles. The van der Waals surface area contributed by atoms with Crippen molar-refractivity contribution in [3.05, 3.63) is 113 Å². The number of nitrogens with one attached hydrogen (secondary N) is 1. The van der Waals surface area contributed by atoms with Crippen molar-refractivity contribution in [1.29, 1.82) is 0 Å². The van der Waals surface area contributed by atoms with E-state index >= 15 is 0 Å². The number of rotatable bonds is 3. The first-order chi connectivity index (χ1) is 15.7. The van der Waals surface area contributed by atoms with Gasteiger partial charge in [-0.2, -0.15) is 5.10 Å². The van der Waals surface area contributed by atoms with E-state index in [1.54, 1.807) is 6.20 Å². The summed E-state index contributed by atoms with van der Waals surface area (Å²) in [6, 6.07) is 27.2. The quantitative estimate of drug-likeness (QED) is 0.347. The highest BCUT2D eigenvalue weighted by Crippen LogP contribution is 2.55. The van der Waals surface area contributed by atoms with Crippen molar-refractivity contribution in [2.75, 3.05) is 0 Å². The van der Waals surface area contributed by atoms with E-state index in [2.05, 4.69) is 64.0 Å². The van der Waals surface area contributed by atoms with Crippen molar-refractivity contribution < 1.29 is 4.79 Å². The van der Waals surface area contributed by atoms with Gasteiger partial charge in [-0.15, -0.1) is 0 Å². The summed E-state index contributed by atoms with van der Waals surface area (Å²) in [6.45, 7) is 2.04. The second-order valence-electron chi connectivity index (χ2n) is 8.74. The zero-order valence-electron chi connectivity index (χ0n) is 17.8. The van der Waals surface area contributed by atoms with Crippen LogP contribution in [0.4, 0.5) is 0 Å². The van der Waals surface area contributed by atoms with Crippen LogP contribution in [0.25, 0.3) is 10.9 Å². The molecule has 3 aromatic carbocycles. The first-order valence-corrected chi connectivity index (χ1v) is 11.1. The number of para-hydroxylation sites is 1. The average Bonchev–Trinajstić information content (AvgIpc) is 2.86. The van der Waals surface area contributed by atoms with E-state index in [-0.39, 0.29) is 17.7 Å². The Balaban J connectivity index is 1.30. The summed E-state index contributed by atoms with van der Waals surface area (Å²) in [7, 11) is 0. The number of fused-ring (bicyclic) bond motifs is 2. The summed E-state index contributed by atoms with van der Waals surface area (Å²) >= 11 is 0. The maximum atomic E-state index is 12.8. The van der Waals surface area contributed by atoms with Gasteiger partial charge in [0, 0.05) is 35.0 Å². The summed E-state index contributed by atoms with van der Waals surface area (Å²) in [5, 5.41) is 5.50. The van der Waals surface area contributed by atoms with Gasteiger partial charge in [0.25, 0.3) is 5.91 Å². The van der Waals surface area contributed by atoms with Crippen LogP contribution in [0.2, 0.25) is 0 Å². The van der Waals surface area contributed by atoms with E-state index < -0.39 is 0 Å². The van der Waals surface area contributed by atoms with Crippen molar-refractivity contribution in [3.63, 3.8) is 0 Å². The zero-order valence-corrected chi connectivity index (χ0v) is 17.8. The van der Waals surface area contributed by atoms with Gasteiger partial charge in [0.15, 0.2) is 0 Å². The first-order valence-electron chi connectivity index (χ1n) is 11.1. The van der Waals surface area contributed by atoms with Crippen LogP contribution in [0.5, 0.6) is 0 Å². The third kappa shape index (κ3) is 2.94. The second-order valence-corrected chi connectivity index (χ2v) is 8.74. The molecule has 156 valence electrons. The number of hydrogen-bond donors (Lipinski definition) is 1. The molecule has 0 spiro atoms. The molecule has 0 aliphatic heterocycles. The Kier molecular flexibility index (Phi) is 4.39. The van der Waals surface area contributed by atoms with E-state index in [4.69, 9.17) is 0 Å². The Morgan fingerprint density at radius 3 is 2.25 bits per heavy atom. The van der Waals surface area contributed by atoms with Crippen molar-refractivity contribution in [2.24, 2.45) is 11.0 Å². The lowest BCUT2D eigenvalue weighted by Crippen LogP contribution is -2.36. The molecule has 1 N–H and O–H groups in total. The third-order valence-corrected chi connectivity index (χ3v) is 7.03. The minimum atomic E-state index is -0.232. The number of aromatic nitrogens is 1. The Morgan fingerprint density at radius 1 is 0.906 bits per heavy atom. The molecule has 3 aliphatic rings. The SMILES string of the molecule is CC(=NNC(=O)c1cnc2ccccc2c1)C1CC2c3ccccc3C1c1ccccc12. The zero-order chi connectivity index (χ0) is 21.7. The van der Waals surface area contributed by atoms with Crippen molar-refractivity contribution in [2.45, 2.75) is 25.2 Å². The average molecular weight is 418 g/mol. The fourth-order valence-corrected chi connectivity index (χ4v) is 5.53. The molecule has 0 saturated carbocycles. The number of hydrazone groups is 1. The lowest BCUT2D eigenvalue weighted by Gasteiger charge is -2.45. The number of pyridine rings is 1. The highest BCUT2D eigenvalue weighted by atomic mass is 16.2. The lowest BCUT2D eigenvalue weighted by molar-refractivity contribution is 0.0954. The summed E-state index contributed by atoms with van der Waals surface area (Å²) in [4.78, 5) is 17.2. The van der Waals surface area contributed by atoms with Gasteiger partial charge in [0.1, 0.15) is 0 Å². The Morgan fingerprint density at radius 2 is 1.53 bits per heavy atom. The molecule has 7 rings (SSSR count).